The van der Waals surface area contributed by atoms with Crippen molar-refractivity contribution in [3.8, 4) is 5.75 Å². The molecule has 0 spiro atoms. The summed E-state index contributed by atoms with van der Waals surface area (Å²) in [7, 11) is -0.539. The van der Waals surface area contributed by atoms with E-state index in [-0.39, 0.29) is 16.8 Å². The van der Waals surface area contributed by atoms with E-state index in [0.717, 1.165) is 12.0 Å². The second kappa shape index (κ2) is 7.47. The van der Waals surface area contributed by atoms with Gasteiger partial charge in [0.25, 0.3) is 0 Å². The molecule has 0 radical (unpaired) electrons. The van der Waals surface area contributed by atoms with Crippen LogP contribution in [0.5, 0.6) is 5.75 Å². The highest BCUT2D eigenvalue weighted by molar-refractivity contribution is 7.89. The molecule has 0 N–H and O–H groups in total. The van der Waals surface area contributed by atoms with Gasteiger partial charge in [0, 0.05) is 19.0 Å². The van der Waals surface area contributed by atoms with Gasteiger partial charge in [0.05, 0.1) is 7.11 Å². The first-order valence-electron chi connectivity index (χ1n) is 6.95. The summed E-state index contributed by atoms with van der Waals surface area (Å²) in [4.78, 5) is 0.168. The molecular formula is C15H24ClNO3S. The van der Waals surface area contributed by atoms with Gasteiger partial charge < -0.3 is 4.74 Å². The largest absolute Gasteiger partial charge is 0.495 e. The number of hydrogen-bond acceptors (Lipinski definition) is 3. The SMILES string of the molecule is COc1ccc(CCl)cc1S(=O)(=O)N(C)C(C)CC(C)C. The van der Waals surface area contributed by atoms with Crippen molar-refractivity contribution in [3.05, 3.63) is 23.8 Å². The summed E-state index contributed by atoms with van der Waals surface area (Å²) in [6.07, 6.45) is 0.799. The van der Waals surface area contributed by atoms with Crippen molar-refractivity contribution in [2.75, 3.05) is 14.2 Å². The third-order valence-electron chi connectivity index (χ3n) is 3.47. The maximum Gasteiger partial charge on any atom is 0.246 e. The van der Waals surface area contributed by atoms with E-state index in [0.29, 0.717) is 11.7 Å². The lowest BCUT2D eigenvalue weighted by molar-refractivity contribution is 0.335. The van der Waals surface area contributed by atoms with Crippen molar-refractivity contribution in [1.29, 1.82) is 0 Å². The predicted molar refractivity (Wildman–Crippen MR) is 86.4 cm³/mol. The lowest BCUT2D eigenvalue weighted by atomic mass is 10.1. The Hall–Kier alpha value is -0.780. The van der Waals surface area contributed by atoms with Crippen molar-refractivity contribution < 1.29 is 13.2 Å². The number of ether oxygens (including phenoxy) is 1. The van der Waals surface area contributed by atoms with Crippen LogP contribution in [0.15, 0.2) is 23.1 Å². The number of benzene rings is 1. The molecule has 1 aromatic carbocycles. The van der Waals surface area contributed by atoms with Crippen LogP contribution in [0.1, 0.15) is 32.8 Å². The lowest BCUT2D eigenvalue weighted by Gasteiger charge is -2.26. The van der Waals surface area contributed by atoms with Gasteiger partial charge in [-0.05, 0) is 37.0 Å². The molecule has 0 aliphatic carbocycles. The van der Waals surface area contributed by atoms with Crippen LogP contribution in [0.2, 0.25) is 0 Å². The molecule has 0 aliphatic heterocycles. The fourth-order valence-electron chi connectivity index (χ4n) is 2.23. The molecule has 1 rings (SSSR count). The molecule has 0 aromatic heterocycles. The van der Waals surface area contributed by atoms with Crippen LogP contribution in [-0.2, 0) is 15.9 Å². The van der Waals surface area contributed by atoms with E-state index in [1.807, 2.05) is 6.92 Å². The maximum atomic E-state index is 12.8. The predicted octanol–water partition coefficient (Wildman–Crippen LogP) is 3.49. The highest BCUT2D eigenvalue weighted by Gasteiger charge is 2.28. The molecule has 0 aliphatic rings. The monoisotopic (exact) mass is 333 g/mol. The number of halogens is 1. The smallest absolute Gasteiger partial charge is 0.246 e. The summed E-state index contributed by atoms with van der Waals surface area (Å²) < 4.78 is 32.2. The minimum absolute atomic E-state index is 0.0839. The summed E-state index contributed by atoms with van der Waals surface area (Å²) in [5.41, 5.74) is 0.751. The van der Waals surface area contributed by atoms with Gasteiger partial charge in [-0.25, -0.2) is 8.42 Å². The third kappa shape index (κ3) is 4.34. The molecule has 1 atom stereocenters. The molecular weight excluding hydrogens is 310 g/mol. The van der Waals surface area contributed by atoms with Crippen LogP contribution in [0, 0.1) is 5.92 Å². The third-order valence-corrected chi connectivity index (χ3v) is 5.77. The van der Waals surface area contributed by atoms with E-state index < -0.39 is 10.0 Å². The summed E-state index contributed by atoms with van der Waals surface area (Å²) in [5.74, 6) is 1.03. The molecule has 6 heteroatoms. The van der Waals surface area contributed by atoms with E-state index >= 15 is 0 Å². The fraction of sp³-hybridized carbons (Fsp3) is 0.600. The molecule has 1 unspecified atom stereocenters. The van der Waals surface area contributed by atoms with E-state index in [9.17, 15) is 8.42 Å². The van der Waals surface area contributed by atoms with Crippen LogP contribution in [0.3, 0.4) is 0 Å². The average Bonchev–Trinajstić information content (AvgIpc) is 2.44. The number of methoxy groups -OCH3 is 1. The minimum atomic E-state index is -3.61. The van der Waals surface area contributed by atoms with Crippen LogP contribution >= 0.6 is 11.6 Å². The van der Waals surface area contributed by atoms with Gasteiger partial charge in [0.15, 0.2) is 0 Å². The molecule has 120 valence electrons. The molecule has 0 heterocycles. The van der Waals surface area contributed by atoms with Gasteiger partial charge in [-0.3, -0.25) is 0 Å². The van der Waals surface area contributed by atoms with Gasteiger partial charge in [-0.15, -0.1) is 11.6 Å². The normalized spacial score (nSPS) is 13.7. The van der Waals surface area contributed by atoms with E-state index in [4.69, 9.17) is 16.3 Å². The van der Waals surface area contributed by atoms with Crippen molar-refractivity contribution in [2.24, 2.45) is 5.92 Å². The second-order valence-corrected chi connectivity index (χ2v) is 7.85. The summed E-state index contributed by atoms with van der Waals surface area (Å²) in [5, 5.41) is 0. The summed E-state index contributed by atoms with van der Waals surface area (Å²) in [6.45, 7) is 6.06. The fourth-order valence-corrected chi connectivity index (χ4v) is 3.97. The average molecular weight is 334 g/mol. The number of alkyl halides is 1. The Balaban J connectivity index is 3.23. The maximum absolute atomic E-state index is 12.8. The Labute approximate surface area is 133 Å². The molecule has 4 nitrogen and oxygen atoms in total. The Morgan fingerprint density at radius 1 is 1.29 bits per heavy atom. The number of nitrogens with zero attached hydrogens (tertiary/aromatic N) is 1. The summed E-state index contributed by atoms with van der Waals surface area (Å²) in [6, 6.07) is 4.91. The Bertz CT molecular complexity index is 572. The molecule has 0 bridgehead atoms. The van der Waals surface area contributed by atoms with Crippen molar-refractivity contribution >= 4 is 21.6 Å². The van der Waals surface area contributed by atoms with Crippen molar-refractivity contribution in [2.45, 2.75) is 44.0 Å². The van der Waals surface area contributed by atoms with Crippen LogP contribution < -0.4 is 4.74 Å². The van der Waals surface area contributed by atoms with Gasteiger partial charge in [0.1, 0.15) is 10.6 Å². The van der Waals surface area contributed by atoms with Crippen LogP contribution in [0.25, 0.3) is 0 Å². The lowest BCUT2D eigenvalue weighted by Crippen LogP contribution is -2.36. The van der Waals surface area contributed by atoms with Gasteiger partial charge >= 0.3 is 0 Å². The Kier molecular flexibility index (Phi) is 6.50. The van der Waals surface area contributed by atoms with Crippen molar-refractivity contribution in [1.82, 2.24) is 4.31 Å². The summed E-state index contributed by atoms with van der Waals surface area (Å²) >= 11 is 5.81. The van der Waals surface area contributed by atoms with Crippen molar-refractivity contribution in [3.63, 3.8) is 0 Å². The zero-order chi connectivity index (χ0) is 16.2. The zero-order valence-corrected chi connectivity index (χ0v) is 14.8. The Morgan fingerprint density at radius 2 is 1.90 bits per heavy atom. The standard InChI is InChI=1S/C15H24ClNO3S/c1-11(2)8-12(3)17(4)21(18,19)15-9-13(10-16)6-7-14(15)20-5/h6-7,9,11-12H,8,10H2,1-5H3. The highest BCUT2D eigenvalue weighted by Crippen LogP contribution is 2.29. The first kappa shape index (κ1) is 18.3. The minimum Gasteiger partial charge on any atom is -0.495 e. The van der Waals surface area contributed by atoms with Crippen LogP contribution in [0.4, 0.5) is 0 Å². The van der Waals surface area contributed by atoms with E-state index in [1.165, 1.54) is 11.4 Å². The molecule has 0 saturated carbocycles. The highest BCUT2D eigenvalue weighted by atomic mass is 35.5. The topological polar surface area (TPSA) is 46.6 Å². The molecule has 0 fully saturated rings. The number of rotatable bonds is 7. The van der Waals surface area contributed by atoms with Crippen LogP contribution in [-0.4, -0.2) is 32.9 Å². The van der Waals surface area contributed by atoms with Gasteiger partial charge in [-0.1, -0.05) is 19.9 Å². The Morgan fingerprint density at radius 3 is 2.38 bits per heavy atom. The van der Waals surface area contributed by atoms with Gasteiger partial charge in [-0.2, -0.15) is 4.31 Å². The molecule has 21 heavy (non-hydrogen) atoms. The van der Waals surface area contributed by atoms with E-state index in [2.05, 4.69) is 13.8 Å². The second-order valence-electron chi connectivity index (χ2n) is 5.62. The first-order chi connectivity index (χ1) is 9.73. The van der Waals surface area contributed by atoms with E-state index in [1.54, 1.807) is 25.2 Å². The number of sulfonamides is 1. The number of hydrogen-bond donors (Lipinski definition) is 0. The first-order valence-corrected chi connectivity index (χ1v) is 8.92. The zero-order valence-electron chi connectivity index (χ0n) is 13.3. The quantitative estimate of drug-likeness (QED) is 0.717. The van der Waals surface area contributed by atoms with Gasteiger partial charge in [0.2, 0.25) is 10.0 Å². The molecule has 1 aromatic rings. The molecule has 0 saturated heterocycles. The molecule has 0 amide bonds.